The molecule has 0 unspecified atom stereocenters. The number of nitrogen functional groups attached to an aromatic ring is 1. The molecule has 5 nitrogen and oxygen atoms in total. The first-order valence-electron chi connectivity index (χ1n) is 5.27. The summed E-state index contributed by atoms with van der Waals surface area (Å²) in [7, 11) is 0. The molecule has 0 aliphatic carbocycles. The Hall–Kier alpha value is -1.44. The van der Waals surface area contributed by atoms with E-state index in [1.807, 2.05) is 0 Å². The van der Waals surface area contributed by atoms with Gasteiger partial charge in [0.15, 0.2) is 0 Å². The molecule has 0 atom stereocenters. The van der Waals surface area contributed by atoms with E-state index in [9.17, 15) is 4.39 Å². The van der Waals surface area contributed by atoms with Gasteiger partial charge >= 0.3 is 0 Å². The van der Waals surface area contributed by atoms with Crippen molar-refractivity contribution in [2.24, 2.45) is 5.84 Å². The number of aromatic nitrogens is 2. The lowest BCUT2D eigenvalue weighted by molar-refractivity contribution is 0.627. The molecular formula is C11H10BrClFN5. The van der Waals surface area contributed by atoms with Crippen LogP contribution in [0.3, 0.4) is 0 Å². The number of hydrogen-bond acceptors (Lipinski definition) is 5. The van der Waals surface area contributed by atoms with Gasteiger partial charge in [0.1, 0.15) is 11.6 Å². The maximum Gasteiger partial charge on any atom is 0.239 e. The second kappa shape index (κ2) is 6.14. The lowest BCUT2D eigenvalue weighted by Gasteiger charge is -2.09. The third kappa shape index (κ3) is 3.52. The fraction of sp³-hybridized carbons (Fsp3) is 0.0909. The van der Waals surface area contributed by atoms with Gasteiger partial charge in [0.2, 0.25) is 5.95 Å². The van der Waals surface area contributed by atoms with E-state index < -0.39 is 5.82 Å². The van der Waals surface area contributed by atoms with Gasteiger partial charge in [-0.25, -0.2) is 15.2 Å². The summed E-state index contributed by atoms with van der Waals surface area (Å²) in [5.41, 5.74) is 3.19. The van der Waals surface area contributed by atoms with Crippen LogP contribution in [-0.4, -0.2) is 9.97 Å². The van der Waals surface area contributed by atoms with Gasteiger partial charge in [0.25, 0.3) is 0 Å². The van der Waals surface area contributed by atoms with Gasteiger partial charge in [0, 0.05) is 12.7 Å². The van der Waals surface area contributed by atoms with Gasteiger partial charge in [-0.15, -0.1) is 0 Å². The highest BCUT2D eigenvalue weighted by Gasteiger charge is 2.05. The number of rotatable bonds is 4. The van der Waals surface area contributed by atoms with Crippen molar-refractivity contribution in [3.8, 4) is 0 Å². The Labute approximate surface area is 122 Å². The Kier molecular flexibility index (Phi) is 4.52. The molecule has 19 heavy (non-hydrogen) atoms. The van der Waals surface area contributed by atoms with Crippen LogP contribution in [0, 0.1) is 5.82 Å². The van der Waals surface area contributed by atoms with Crippen molar-refractivity contribution in [3.05, 3.63) is 45.3 Å². The second-order valence-electron chi connectivity index (χ2n) is 3.64. The number of nitrogens with two attached hydrogens (primary N) is 1. The summed E-state index contributed by atoms with van der Waals surface area (Å²) >= 11 is 9.03. The molecular weight excluding hydrogens is 337 g/mol. The summed E-state index contributed by atoms with van der Waals surface area (Å²) < 4.78 is 13.7. The predicted molar refractivity (Wildman–Crippen MR) is 76.3 cm³/mol. The Balaban J connectivity index is 2.11. The first-order valence-corrected chi connectivity index (χ1v) is 6.44. The molecule has 0 aliphatic rings. The van der Waals surface area contributed by atoms with Gasteiger partial charge in [-0.2, -0.15) is 4.98 Å². The fourth-order valence-electron chi connectivity index (χ4n) is 1.40. The Morgan fingerprint density at radius 2 is 2.21 bits per heavy atom. The number of halogens is 3. The van der Waals surface area contributed by atoms with Crippen LogP contribution in [-0.2, 0) is 6.54 Å². The number of benzene rings is 1. The molecule has 4 N–H and O–H groups in total. The molecule has 100 valence electrons. The lowest BCUT2D eigenvalue weighted by atomic mass is 10.2. The summed E-state index contributed by atoms with van der Waals surface area (Å²) in [6.07, 6.45) is 1.57. The van der Waals surface area contributed by atoms with Crippen molar-refractivity contribution in [3.63, 3.8) is 0 Å². The number of hydrazine groups is 1. The summed E-state index contributed by atoms with van der Waals surface area (Å²) in [6.45, 7) is 0.444. The van der Waals surface area contributed by atoms with Crippen molar-refractivity contribution in [2.75, 3.05) is 10.7 Å². The van der Waals surface area contributed by atoms with Gasteiger partial charge in [-0.3, -0.25) is 5.43 Å². The molecule has 2 rings (SSSR count). The van der Waals surface area contributed by atoms with Crippen LogP contribution in [0.4, 0.5) is 16.2 Å². The minimum atomic E-state index is -0.441. The normalized spacial score (nSPS) is 10.3. The van der Waals surface area contributed by atoms with E-state index in [1.165, 1.54) is 6.07 Å². The van der Waals surface area contributed by atoms with Crippen molar-refractivity contribution < 1.29 is 4.39 Å². The Morgan fingerprint density at radius 3 is 2.89 bits per heavy atom. The minimum absolute atomic E-state index is 0.0883. The van der Waals surface area contributed by atoms with Crippen molar-refractivity contribution in [2.45, 2.75) is 6.54 Å². The third-order valence-electron chi connectivity index (χ3n) is 2.32. The topological polar surface area (TPSA) is 75.9 Å². The van der Waals surface area contributed by atoms with E-state index >= 15 is 0 Å². The van der Waals surface area contributed by atoms with Crippen molar-refractivity contribution >= 4 is 39.3 Å². The highest BCUT2D eigenvalue weighted by atomic mass is 79.9. The zero-order valence-electron chi connectivity index (χ0n) is 9.62. The average molecular weight is 347 g/mol. The molecule has 0 spiro atoms. The molecule has 0 saturated carbocycles. The zero-order valence-corrected chi connectivity index (χ0v) is 12.0. The van der Waals surface area contributed by atoms with Crippen molar-refractivity contribution in [1.29, 1.82) is 0 Å². The van der Waals surface area contributed by atoms with Gasteiger partial charge in [0.05, 0.1) is 9.50 Å². The fourth-order valence-corrected chi connectivity index (χ4v) is 1.93. The summed E-state index contributed by atoms with van der Waals surface area (Å²) in [5, 5.41) is 3.16. The van der Waals surface area contributed by atoms with Crippen LogP contribution >= 0.6 is 27.5 Å². The predicted octanol–water partition coefficient (Wildman–Crippen LogP) is 2.93. The largest absolute Gasteiger partial charge is 0.365 e. The number of hydrogen-bond donors (Lipinski definition) is 3. The van der Waals surface area contributed by atoms with E-state index in [-0.39, 0.29) is 5.02 Å². The SMILES string of the molecule is NNc1ncc(Br)c(NCc2ccc(F)c(Cl)c2)n1. The van der Waals surface area contributed by atoms with Crippen molar-refractivity contribution in [1.82, 2.24) is 9.97 Å². The first-order chi connectivity index (χ1) is 9.10. The first kappa shape index (κ1) is 14.0. The number of nitrogens with zero attached hydrogens (tertiary/aromatic N) is 2. The molecule has 1 heterocycles. The van der Waals surface area contributed by atoms with Crippen LogP contribution in [0.25, 0.3) is 0 Å². The standard InChI is InChI=1S/C11H10BrClFN5/c12-7-5-17-11(19-15)18-10(7)16-4-6-1-2-9(14)8(13)3-6/h1-3,5H,4,15H2,(H2,16,17,18,19). The van der Waals surface area contributed by atoms with Crippen LogP contribution in [0.2, 0.25) is 5.02 Å². The van der Waals surface area contributed by atoms with Gasteiger partial charge in [-0.1, -0.05) is 17.7 Å². The monoisotopic (exact) mass is 345 g/mol. The van der Waals surface area contributed by atoms with Gasteiger partial charge < -0.3 is 5.32 Å². The zero-order chi connectivity index (χ0) is 13.8. The molecule has 1 aromatic carbocycles. The van der Waals surface area contributed by atoms with Crippen LogP contribution in [0.15, 0.2) is 28.9 Å². The molecule has 0 saturated heterocycles. The molecule has 0 radical (unpaired) electrons. The Bertz CT molecular complexity index is 595. The lowest BCUT2D eigenvalue weighted by Crippen LogP contribution is -2.12. The second-order valence-corrected chi connectivity index (χ2v) is 4.90. The van der Waals surface area contributed by atoms with E-state index in [0.717, 1.165) is 5.56 Å². The van der Waals surface area contributed by atoms with E-state index in [0.29, 0.717) is 22.8 Å². The molecule has 0 aliphatic heterocycles. The maximum absolute atomic E-state index is 13.0. The summed E-state index contributed by atoms with van der Waals surface area (Å²) in [6, 6.07) is 4.52. The molecule has 8 heteroatoms. The molecule has 2 aromatic rings. The smallest absolute Gasteiger partial charge is 0.239 e. The number of nitrogens with one attached hydrogen (secondary N) is 2. The minimum Gasteiger partial charge on any atom is -0.365 e. The quantitative estimate of drug-likeness (QED) is 0.586. The van der Waals surface area contributed by atoms with Crippen LogP contribution < -0.4 is 16.6 Å². The average Bonchev–Trinajstić information content (AvgIpc) is 2.41. The molecule has 0 bridgehead atoms. The molecule has 0 amide bonds. The molecule has 1 aromatic heterocycles. The summed E-state index contributed by atoms with van der Waals surface area (Å²) in [5.74, 6) is 5.66. The van der Waals surface area contributed by atoms with Gasteiger partial charge in [-0.05, 0) is 33.6 Å². The van der Waals surface area contributed by atoms with Crippen LogP contribution in [0.5, 0.6) is 0 Å². The summed E-state index contributed by atoms with van der Waals surface area (Å²) in [4.78, 5) is 8.07. The van der Waals surface area contributed by atoms with E-state index in [2.05, 4.69) is 36.6 Å². The van der Waals surface area contributed by atoms with Crippen LogP contribution in [0.1, 0.15) is 5.56 Å². The number of anilines is 2. The Morgan fingerprint density at radius 1 is 1.42 bits per heavy atom. The maximum atomic E-state index is 13.0. The third-order valence-corrected chi connectivity index (χ3v) is 3.19. The van der Waals surface area contributed by atoms with E-state index in [4.69, 9.17) is 17.4 Å². The molecule has 0 fully saturated rings. The van der Waals surface area contributed by atoms with E-state index in [1.54, 1.807) is 18.3 Å². The highest BCUT2D eigenvalue weighted by Crippen LogP contribution is 2.21. The highest BCUT2D eigenvalue weighted by molar-refractivity contribution is 9.10.